The maximum atomic E-state index is 5.35. The Morgan fingerprint density at radius 2 is 1.83 bits per heavy atom. The molecule has 0 aliphatic heterocycles. The van der Waals surface area contributed by atoms with Crippen molar-refractivity contribution in [2.75, 3.05) is 7.11 Å². The van der Waals surface area contributed by atoms with Crippen LogP contribution in [0.2, 0.25) is 0 Å². The molecular weight excluding hydrogens is 292 g/mol. The van der Waals surface area contributed by atoms with Crippen LogP contribution in [0.3, 0.4) is 0 Å². The van der Waals surface area contributed by atoms with Gasteiger partial charge in [0.2, 0.25) is 0 Å². The first-order valence-corrected chi connectivity index (χ1v) is 5.45. The summed E-state index contributed by atoms with van der Waals surface area (Å²) in [5.41, 5.74) is 2.88. The number of para-hydroxylation sites is 1. The van der Waals surface area contributed by atoms with Gasteiger partial charge >= 0.3 is 0 Å². The molecule has 3 aromatic rings. The number of methoxy groups -OCH3 is 1. The van der Waals surface area contributed by atoms with Gasteiger partial charge in [0.1, 0.15) is 11.4 Å². The fraction of sp³-hybridized carbons (Fsp3) is 0.0714. The smallest absolute Gasteiger partial charge is 0.137 e. The van der Waals surface area contributed by atoms with Crippen LogP contribution in [0, 0.1) is 0 Å². The Morgan fingerprint density at radius 3 is 2.61 bits per heavy atom. The number of halogens is 1. The standard InChI is InChI=1S/C14H12N2O.BrH/c1-17-13-7-3-2-6-11(13)12-10-16-9-5-4-8-14(16)15-12;/h2-10H,1H3;1H/p-1. The van der Waals surface area contributed by atoms with Crippen LogP contribution in [-0.4, -0.2) is 16.5 Å². The first kappa shape index (κ1) is 12.6. The third-order valence-electron chi connectivity index (χ3n) is 2.75. The maximum Gasteiger partial charge on any atom is 0.137 e. The maximum absolute atomic E-state index is 5.35. The molecule has 0 saturated heterocycles. The van der Waals surface area contributed by atoms with E-state index >= 15 is 0 Å². The summed E-state index contributed by atoms with van der Waals surface area (Å²) in [7, 11) is 1.68. The van der Waals surface area contributed by atoms with Crippen LogP contribution in [0.15, 0.2) is 54.9 Å². The zero-order chi connectivity index (χ0) is 11.7. The van der Waals surface area contributed by atoms with Crippen LogP contribution in [0.1, 0.15) is 0 Å². The molecule has 0 saturated carbocycles. The van der Waals surface area contributed by atoms with E-state index in [1.54, 1.807) is 7.11 Å². The zero-order valence-corrected chi connectivity index (χ0v) is 11.5. The summed E-state index contributed by atoms with van der Waals surface area (Å²) < 4.78 is 7.35. The molecule has 0 spiro atoms. The first-order chi connectivity index (χ1) is 8.38. The molecule has 0 bridgehead atoms. The Morgan fingerprint density at radius 1 is 1.06 bits per heavy atom. The molecule has 1 aromatic carbocycles. The summed E-state index contributed by atoms with van der Waals surface area (Å²) in [5.74, 6) is 0.843. The number of imidazole rings is 1. The zero-order valence-electron chi connectivity index (χ0n) is 9.88. The van der Waals surface area contributed by atoms with Crippen LogP contribution >= 0.6 is 0 Å². The summed E-state index contributed by atoms with van der Waals surface area (Å²) in [4.78, 5) is 4.57. The molecule has 2 aromatic heterocycles. The Bertz CT molecular complexity index is 630. The quantitative estimate of drug-likeness (QED) is 0.667. The SMILES string of the molecule is COc1ccccc1-c1cn2ccccc2n1.[Br-]. The highest BCUT2D eigenvalue weighted by atomic mass is 79.9. The molecule has 0 N–H and O–H groups in total. The summed E-state index contributed by atoms with van der Waals surface area (Å²) >= 11 is 0. The third kappa shape index (κ3) is 2.11. The van der Waals surface area contributed by atoms with Gasteiger partial charge < -0.3 is 26.1 Å². The van der Waals surface area contributed by atoms with E-state index in [1.807, 2.05) is 59.3 Å². The predicted octanol–water partition coefficient (Wildman–Crippen LogP) is 0.0139. The molecule has 0 aliphatic carbocycles. The Kier molecular flexibility index (Phi) is 3.67. The highest BCUT2D eigenvalue weighted by Crippen LogP contribution is 2.28. The number of hydrogen-bond donors (Lipinski definition) is 0. The lowest BCUT2D eigenvalue weighted by Crippen LogP contribution is -3.00. The number of fused-ring (bicyclic) bond motifs is 1. The number of benzene rings is 1. The lowest BCUT2D eigenvalue weighted by molar-refractivity contribution is -0.00000375. The molecule has 0 atom stereocenters. The van der Waals surface area contributed by atoms with Crippen molar-refractivity contribution >= 4 is 5.65 Å². The second-order valence-electron chi connectivity index (χ2n) is 3.79. The Labute approximate surface area is 116 Å². The second kappa shape index (κ2) is 5.23. The van der Waals surface area contributed by atoms with Crippen molar-refractivity contribution in [1.29, 1.82) is 0 Å². The minimum atomic E-state index is 0. The van der Waals surface area contributed by atoms with Gasteiger partial charge in [0.25, 0.3) is 0 Å². The number of hydrogen-bond acceptors (Lipinski definition) is 2. The third-order valence-corrected chi connectivity index (χ3v) is 2.75. The van der Waals surface area contributed by atoms with E-state index in [4.69, 9.17) is 4.74 Å². The van der Waals surface area contributed by atoms with E-state index in [0.29, 0.717) is 0 Å². The van der Waals surface area contributed by atoms with Crippen LogP contribution in [-0.2, 0) is 0 Å². The van der Waals surface area contributed by atoms with Gasteiger partial charge in [0, 0.05) is 18.0 Å². The molecule has 3 rings (SSSR count). The number of aromatic nitrogens is 2. The molecular formula is C14H12BrN2O-. The average molecular weight is 304 g/mol. The number of pyridine rings is 1. The summed E-state index contributed by atoms with van der Waals surface area (Å²) in [6, 6.07) is 13.9. The number of ether oxygens (including phenoxy) is 1. The van der Waals surface area contributed by atoms with Crippen LogP contribution in [0.25, 0.3) is 16.9 Å². The molecule has 0 amide bonds. The summed E-state index contributed by atoms with van der Waals surface area (Å²) in [6.45, 7) is 0. The van der Waals surface area contributed by atoms with E-state index in [0.717, 1.165) is 22.7 Å². The molecule has 0 radical (unpaired) electrons. The van der Waals surface area contributed by atoms with Gasteiger partial charge in [-0.2, -0.15) is 0 Å². The molecule has 4 heteroatoms. The largest absolute Gasteiger partial charge is 1.00 e. The fourth-order valence-corrected chi connectivity index (χ4v) is 1.92. The van der Waals surface area contributed by atoms with E-state index in [2.05, 4.69) is 4.98 Å². The normalized spacial score (nSPS) is 10.1. The highest BCUT2D eigenvalue weighted by Gasteiger charge is 2.08. The minimum Gasteiger partial charge on any atom is -1.00 e. The van der Waals surface area contributed by atoms with Crippen molar-refractivity contribution < 1.29 is 21.7 Å². The van der Waals surface area contributed by atoms with Crippen LogP contribution in [0.4, 0.5) is 0 Å². The van der Waals surface area contributed by atoms with E-state index in [-0.39, 0.29) is 17.0 Å². The molecule has 2 heterocycles. The lowest BCUT2D eigenvalue weighted by atomic mass is 10.1. The predicted molar refractivity (Wildman–Crippen MR) is 67.2 cm³/mol. The molecule has 3 nitrogen and oxygen atoms in total. The van der Waals surface area contributed by atoms with Gasteiger partial charge in [-0.3, -0.25) is 0 Å². The van der Waals surface area contributed by atoms with Gasteiger partial charge in [-0.05, 0) is 24.3 Å². The molecule has 0 fully saturated rings. The van der Waals surface area contributed by atoms with Crippen molar-refractivity contribution in [2.45, 2.75) is 0 Å². The van der Waals surface area contributed by atoms with Gasteiger partial charge in [-0.1, -0.05) is 18.2 Å². The minimum absolute atomic E-state index is 0. The fourth-order valence-electron chi connectivity index (χ4n) is 1.92. The molecule has 18 heavy (non-hydrogen) atoms. The number of rotatable bonds is 2. The summed E-state index contributed by atoms with van der Waals surface area (Å²) in [6.07, 6.45) is 3.99. The lowest BCUT2D eigenvalue weighted by Gasteiger charge is -2.04. The van der Waals surface area contributed by atoms with Crippen molar-refractivity contribution in [3.63, 3.8) is 0 Å². The van der Waals surface area contributed by atoms with Gasteiger partial charge in [-0.15, -0.1) is 0 Å². The van der Waals surface area contributed by atoms with Gasteiger partial charge in [0.15, 0.2) is 0 Å². The van der Waals surface area contributed by atoms with Crippen molar-refractivity contribution in [3.8, 4) is 17.0 Å². The van der Waals surface area contributed by atoms with Crippen molar-refractivity contribution in [3.05, 3.63) is 54.9 Å². The van der Waals surface area contributed by atoms with Crippen molar-refractivity contribution in [2.24, 2.45) is 0 Å². The van der Waals surface area contributed by atoms with Crippen molar-refractivity contribution in [1.82, 2.24) is 9.38 Å². The van der Waals surface area contributed by atoms with E-state index in [9.17, 15) is 0 Å². The van der Waals surface area contributed by atoms with E-state index in [1.165, 1.54) is 0 Å². The Hall–Kier alpha value is -1.81. The summed E-state index contributed by atoms with van der Waals surface area (Å²) in [5, 5.41) is 0. The monoisotopic (exact) mass is 303 g/mol. The topological polar surface area (TPSA) is 26.5 Å². The van der Waals surface area contributed by atoms with E-state index < -0.39 is 0 Å². The molecule has 92 valence electrons. The Balaban J connectivity index is 0.00000120. The van der Waals surface area contributed by atoms with Crippen LogP contribution < -0.4 is 21.7 Å². The first-order valence-electron chi connectivity index (χ1n) is 5.45. The second-order valence-corrected chi connectivity index (χ2v) is 3.79. The number of nitrogens with zero attached hydrogens (tertiary/aromatic N) is 2. The molecule has 0 aliphatic rings. The highest BCUT2D eigenvalue weighted by molar-refractivity contribution is 5.69. The average Bonchev–Trinajstić information content (AvgIpc) is 2.82. The van der Waals surface area contributed by atoms with Crippen LogP contribution in [0.5, 0.6) is 5.75 Å². The molecule has 0 unspecified atom stereocenters. The van der Waals surface area contributed by atoms with Gasteiger partial charge in [0.05, 0.1) is 12.8 Å². The van der Waals surface area contributed by atoms with Gasteiger partial charge in [-0.25, -0.2) is 4.98 Å².